The molecule has 0 aromatic carbocycles. The van der Waals surface area contributed by atoms with E-state index in [1.807, 2.05) is 38.1 Å². The van der Waals surface area contributed by atoms with Crippen molar-refractivity contribution in [2.75, 3.05) is 13.1 Å². The molecule has 6 heteroatoms. The van der Waals surface area contributed by atoms with Crippen LogP contribution in [0.25, 0.3) is 12.2 Å². The summed E-state index contributed by atoms with van der Waals surface area (Å²) in [6.45, 7) is 5.10. The van der Waals surface area contributed by atoms with Crippen molar-refractivity contribution < 1.29 is 18.4 Å². The first-order chi connectivity index (χ1) is 14.5. The van der Waals surface area contributed by atoms with Gasteiger partial charge in [0.25, 0.3) is 0 Å². The summed E-state index contributed by atoms with van der Waals surface area (Å²) in [5.41, 5.74) is 0. The lowest BCUT2D eigenvalue weighted by atomic mass is 10.1. The lowest BCUT2D eigenvalue weighted by Gasteiger charge is -2.04. The van der Waals surface area contributed by atoms with Crippen LogP contribution in [0.5, 0.6) is 0 Å². The topological polar surface area (TPSA) is 84.5 Å². The van der Waals surface area contributed by atoms with Crippen molar-refractivity contribution in [2.45, 2.75) is 52.4 Å². The predicted octanol–water partition coefficient (Wildman–Crippen LogP) is 4.79. The zero-order valence-electron chi connectivity index (χ0n) is 17.9. The van der Waals surface area contributed by atoms with E-state index in [1.54, 1.807) is 12.2 Å². The second-order valence-corrected chi connectivity index (χ2v) is 7.27. The van der Waals surface area contributed by atoms with E-state index >= 15 is 0 Å². The maximum absolute atomic E-state index is 11.7. The van der Waals surface area contributed by atoms with E-state index < -0.39 is 0 Å². The minimum absolute atomic E-state index is 0.101. The molecule has 6 nitrogen and oxygen atoms in total. The van der Waals surface area contributed by atoms with Crippen molar-refractivity contribution in [1.82, 2.24) is 10.6 Å². The highest BCUT2D eigenvalue weighted by atomic mass is 16.3. The van der Waals surface area contributed by atoms with Gasteiger partial charge in [0.1, 0.15) is 23.0 Å². The lowest BCUT2D eigenvalue weighted by molar-refractivity contribution is -0.117. The Morgan fingerprint density at radius 3 is 1.47 bits per heavy atom. The smallest absolute Gasteiger partial charge is 0.244 e. The predicted molar refractivity (Wildman–Crippen MR) is 119 cm³/mol. The summed E-state index contributed by atoms with van der Waals surface area (Å²) in [6, 6.07) is 7.41. The van der Waals surface area contributed by atoms with Gasteiger partial charge in [-0.2, -0.15) is 0 Å². The minimum atomic E-state index is -0.101. The molecule has 0 fully saturated rings. The summed E-state index contributed by atoms with van der Waals surface area (Å²) >= 11 is 0. The number of carbonyl (C=O) groups is 2. The molecule has 0 aliphatic carbocycles. The van der Waals surface area contributed by atoms with E-state index in [-0.39, 0.29) is 11.8 Å². The van der Waals surface area contributed by atoms with Crippen LogP contribution in [0.15, 0.2) is 45.3 Å². The molecule has 0 bridgehead atoms. The van der Waals surface area contributed by atoms with Gasteiger partial charge in [0.15, 0.2) is 0 Å². The van der Waals surface area contributed by atoms with E-state index in [4.69, 9.17) is 8.83 Å². The van der Waals surface area contributed by atoms with Gasteiger partial charge >= 0.3 is 0 Å². The zero-order valence-corrected chi connectivity index (χ0v) is 17.9. The molecular weight excluding hydrogens is 380 g/mol. The molecule has 0 atom stereocenters. The molecule has 2 amide bonds. The monoisotopic (exact) mass is 412 g/mol. The highest BCUT2D eigenvalue weighted by Crippen LogP contribution is 2.09. The number of carbonyl (C=O) groups excluding carboxylic acids is 2. The normalized spacial score (nSPS) is 11.4. The second kappa shape index (κ2) is 13.2. The Morgan fingerprint density at radius 1 is 0.700 bits per heavy atom. The molecule has 0 spiro atoms. The molecule has 2 aromatic heterocycles. The molecule has 0 aliphatic rings. The molecule has 0 radical (unpaired) electrons. The highest BCUT2D eigenvalue weighted by Gasteiger charge is 1.99. The van der Waals surface area contributed by atoms with Gasteiger partial charge in [-0.1, -0.05) is 25.7 Å². The third-order valence-electron chi connectivity index (χ3n) is 4.52. The van der Waals surface area contributed by atoms with Gasteiger partial charge in [0.05, 0.1) is 0 Å². The quantitative estimate of drug-likeness (QED) is 0.366. The first-order valence-electron chi connectivity index (χ1n) is 10.6. The Balaban J connectivity index is 1.40. The number of unbranched alkanes of at least 4 members (excludes halogenated alkanes) is 5. The van der Waals surface area contributed by atoms with Crippen molar-refractivity contribution in [3.8, 4) is 0 Å². The number of furan rings is 2. The highest BCUT2D eigenvalue weighted by molar-refractivity contribution is 5.91. The van der Waals surface area contributed by atoms with E-state index in [0.717, 1.165) is 50.0 Å². The van der Waals surface area contributed by atoms with Crippen LogP contribution < -0.4 is 10.6 Å². The SMILES string of the molecule is Cc1ccc(/C=C/C(=O)NCCCCCCCCNC(=O)/C=C/c2ccc(C)o2)o1. The molecule has 2 rings (SSSR count). The standard InChI is InChI=1S/C24H32N2O4/c1-19-9-11-21(29-19)13-15-23(27)25-17-7-5-3-4-6-8-18-26-24(28)16-14-22-12-10-20(2)30-22/h9-16H,3-8,17-18H2,1-2H3,(H,25,27)(H,26,28)/b15-13+,16-14+. The van der Waals surface area contributed by atoms with Crippen molar-refractivity contribution in [1.29, 1.82) is 0 Å². The molecule has 0 saturated carbocycles. The van der Waals surface area contributed by atoms with Crippen LogP contribution >= 0.6 is 0 Å². The van der Waals surface area contributed by atoms with Gasteiger partial charge < -0.3 is 19.5 Å². The number of hydrogen-bond donors (Lipinski definition) is 2. The van der Waals surface area contributed by atoms with Crippen molar-refractivity contribution in [3.63, 3.8) is 0 Å². The number of nitrogens with one attached hydrogen (secondary N) is 2. The number of rotatable bonds is 13. The molecule has 2 N–H and O–H groups in total. The third kappa shape index (κ3) is 9.96. The Labute approximate surface area is 178 Å². The lowest BCUT2D eigenvalue weighted by Crippen LogP contribution is -2.22. The van der Waals surface area contributed by atoms with Gasteiger partial charge in [0, 0.05) is 25.2 Å². The number of hydrogen-bond acceptors (Lipinski definition) is 4. The fraction of sp³-hybridized carbons (Fsp3) is 0.417. The van der Waals surface area contributed by atoms with Gasteiger partial charge in [0.2, 0.25) is 11.8 Å². The van der Waals surface area contributed by atoms with Crippen LogP contribution in [-0.4, -0.2) is 24.9 Å². The number of aryl methyl sites for hydroxylation is 2. The van der Waals surface area contributed by atoms with Crippen LogP contribution in [0.4, 0.5) is 0 Å². The molecule has 2 aromatic rings. The van der Waals surface area contributed by atoms with E-state index in [0.29, 0.717) is 24.6 Å². The van der Waals surface area contributed by atoms with Crippen molar-refractivity contribution >= 4 is 24.0 Å². The molecule has 0 saturated heterocycles. The third-order valence-corrected chi connectivity index (χ3v) is 4.52. The van der Waals surface area contributed by atoms with E-state index in [1.165, 1.54) is 12.2 Å². The molecule has 2 heterocycles. The van der Waals surface area contributed by atoms with Crippen LogP contribution in [0.3, 0.4) is 0 Å². The van der Waals surface area contributed by atoms with Crippen molar-refractivity contribution in [3.05, 3.63) is 59.5 Å². The van der Waals surface area contributed by atoms with Gasteiger partial charge in [-0.25, -0.2) is 0 Å². The maximum Gasteiger partial charge on any atom is 0.244 e. The number of amides is 2. The van der Waals surface area contributed by atoms with Gasteiger partial charge in [-0.3, -0.25) is 9.59 Å². The van der Waals surface area contributed by atoms with Crippen LogP contribution in [0.1, 0.15) is 61.6 Å². The fourth-order valence-electron chi connectivity index (χ4n) is 2.90. The summed E-state index contributed by atoms with van der Waals surface area (Å²) < 4.78 is 10.8. The van der Waals surface area contributed by atoms with Crippen LogP contribution in [0.2, 0.25) is 0 Å². The summed E-state index contributed by atoms with van der Waals surface area (Å²) in [5, 5.41) is 5.76. The van der Waals surface area contributed by atoms with E-state index in [2.05, 4.69) is 10.6 Å². The summed E-state index contributed by atoms with van der Waals surface area (Å²) in [6.07, 6.45) is 12.7. The Morgan fingerprint density at radius 2 is 1.10 bits per heavy atom. The molecule has 0 aliphatic heterocycles. The fourth-order valence-corrected chi connectivity index (χ4v) is 2.90. The average molecular weight is 413 g/mol. The van der Waals surface area contributed by atoms with Gasteiger partial charge in [-0.05, 0) is 63.1 Å². The Kier molecular flexibility index (Phi) is 10.3. The zero-order chi connectivity index (χ0) is 21.6. The minimum Gasteiger partial charge on any atom is -0.462 e. The summed E-state index contributed by atoms with van der Waals surface area (Å²) in [4.78, 5) is 23.5. The Bertz CT molecular complexity index is 775. The first-order valence-corrected chi connectivity index (χ1v) is 10.6. The summed E-state index contributed by atoms with van der Waals surface area (Å²) in [7, 11) is 0. The van der Waals surface area contributed by atoms with Gasteiger partial charge in [-0.15, -0.1) is 0 Å². The maximum atomic E-state index is 11.7. The van der Waals surface area contributed by atoms with Crippen molar-refractivity contribution in [2.24, 2.45) is 0 Å². The van der Waals surface area contributed by atoms with Crippen LogP contribution in [0, 0.1) is 13.8 Å². The van der Waals surface area contributed by atoms with E-state index in [9.17, 15) is 9.59 Å². The first kappa shape index (κ1) is 23.3. The molecule has 30 heavy (non-hydrogen) atoms. The molecule has 162 valence electrons. The second-order valence-electron chi connectivity index (χ2n) is 7.27. The summed E-state index contributed by atoms with van der Waals surface area (Å²) in [5.74, 6) is 2.82. The largest absolute Gasteiger partial charge is 0.462 e. The molecular formula is C24H32N2O4. The average Bonchev–Trinajstić information content (AvgIpc) is 3.33. The molecule has 0 unspecified atom stereocenters. The Hall–Kier alpha value is -3.02. The van der Waals surface area contributed by atoms with Crippen LogP contribution in [-0.2, 0) is 9.59 Å².